The predicted octanol–water partition coefficient (Wildman–Crippen LogP) is 6.43. The zero-order chi connectivity index (χ0) is 17.5. The molecule has 128 valence electrons. The smallest absolute Gasteiger partial charge is 0.196 e. The Kier molecular flexibility index (Phi) is 4.46. The number of hydrogen-bond donors (Lipinski definition) is 0. The van der Waals surface area contributed by atoms with Crippen LogP contribution >= 0.6 is 11.3 Å². The first-order chi connectivity index (χ1) is 11.3. The first kappa shape index (κ1) is 17.4. The van der Waals surface area contributed by atoms with E-state index in [0.717, 1.165) is 6.42 Å². The topological polar surface area (TPSA) is 3.01 Å². The van der Waals surface area contributed by atoms with Crippen molar-refractivity contribution in [3.05, 3.63) is 51.7 Å². The molecule has 2 heterocycles. The molecule has 1 nitrogen and oxygen atoms in total. The summed E-state index contributed by atoms with van der Waals surface area (Å²) in [5, 5.41) is 2.21. The lowest BCUT2D eigenvalue weighted by molar-refractivity contribution is -0.512. The zero-order valence-electron chi connectivity index (χ0n) is 15.9. The van der Waals surface area contributed by atoms with E-state index in [1.54, 1.807) is 0 Å². The van der Waals surface area contributed by atoms with Gasteiger partial charge in [-0.25, -0.2) is 0 Å². The molecule has 3 rings (SSSR count). The molecule has 0 bridgehead atoms. The summed E-state index contributed by atoms with van der Waals surface area (Å²) in [5.74, 6) is 0.530. The minimum Gasteiger partial charge on any atom is -0.196 e. The van der Waals surface area contributed by atoms with Gasteiger partial charge in [-0.2, -0.15) is 4.58 Å². The van der Waals surface area contributed by atoms with Crippen LogP contribution in [0.15, 0.2) is 35.7 Å². The third-order valence-corrected chi connectivity index (χ3v) is 6.64. The van der Waals surface area contributed by atoms with Crippen molar-refractivity contribution >= 4 is 23.2 Å². The first-order valence-corrected chi connectivity index (χ1v) is 9.97. The van der Waals surface area contributed by atoms with Gasteiger partial charge in [0.1, 0.15) is 0 Å². The van der Waals surface area contributed by atoms with Gasteiger partial charge < -0.3 is 0 Å². The Bertz CT molecular complexity index is 752. The number of hydrogen-bond acceptors (Lipinski definition) is 1. The van der Waals surface area contributed by atoms with Crippen LogP contribution in [0.5, 0.6) is 0 Å². The third-order valence-electron chi connectivity index (χ3n) is 5.55. The maximum absolute atomic E-state index is 2.58. The monoisotopic (exact) mass is 340 g/mol. The minimum atomic E-state index is 0.121. The summed E-state index contributed by atoms with van der Waals surface area (Å²) in [6, 6.07) is 11.2. The maximum Gasteiger partial charge on any atom is 0.211 e. The number of aryl methyl sites for hydroxylation is 1. The Morgan fingerprint density at radius 2 is 1.92 bits per heavy atom. The summed E-state index contributed by atoms with van der Waals surface area (Å²) in [6.45, 7) is 14.0. The molecule has 0 saturated heterocycles. The van der Waals surface area contributed by atoms with Crippen LogP contribution in [0.1, 0.15) is 69.4 Å². The van der Waals surface area contributed by atoms with E-state index in [1.165, 1.54) is 28.1 Å². The van der Waals surface area contributed by atoms with Gasteiger partial charge in [0.25, 0.3) is 0 Å². The molecule has 0 aliphatic carbocycles. The largest absolute Gasteiger partial charge is 0.211 e. The molecule has 2 heteroatoms. The molecule has 0 spiro atoms. The molecule has 2 aromatic rings. The van der Waals surface area contributed by atoms with Crippen molar-refractivity contribution in [1.82, 2.24) is 0 Å². The van der Waals surface area contributed by atoms with Gasteiger partial charge in [-0.3, -0.25) is 0 Å². The number of nitrogens with zero attached hydrogens (tertiary/aromatic N) is 1. The minimum absolute atomic E-state index is 0.121. The molecule has 0 fully saturated rings. The molecule has 0 amide bonds. The van der Waals surface area contributed by atoms with Crippen LogP contribution in [0.25, 0.3) is 0 Å². The lowest BCUT2D eigenvalue weighted by Gasteiger charge is -2.24. The molecule has 1 aromatic heterocycles. The second-order valence-electron chi connectivity index (χ2n) is 8.14. The van der Waals surface area contributed by atoms with Crippen LogP contribution in [-0.2, 0) is 5.41 Å². The number of benzene rings is 1. The average molecular weight is 341 g/mol. The summed E-state index contributed by atoms with van der Waals surface area (Å²) in [6.07, 6.45) is 4.85. The van der Waals surface area contributed by atoms with E-state index >= 15 is 0 Å². The number of thiophene rings is 1. The van der Waals surface area contributed by atoms with Gasteiger partial charge in [0.15, 0.2) is 11.8 Å². The standard InChI is InChI=1S/C22H30NS/c1-7-22(19-12-9-13-24-19)14-21(5,6)23(15-22)20-17(4)10-8-11-18(20)16(2)3/h8-13,15-16H,7,14H2,1-6H3/q+1. The van der Waals surface area contributed by atoms with Crippen molar-refractivity contribution in [1.29, 1.82) is 0 Å². The van der Waals surface area contributed by atoms with Crippen LogP contribution in [0.3, 0.4) is 0 Å². The molecule has 24 heavy (non-hydrogen) atoms. The zero-order valence-corrected chi connectivity index (χ0v) is 16.7. The van der Waals surface area contributed by atoms with E-state index in [1.807, 2.05) is 11.3 Å². The van der Waals surface area contributed by atoms with Crippen molar-refractivity contribution in [3.8, 4) is 0 Å². The first-order valence-electron chi connectivity index (χ1n) is 9.09. The Morgan fingerprint density at radius 3 is 2.50 bits per heavy atom. The average Bonchev–Trinajstić information content (AvgIpc) is 3.14. The summed E-state index contributed by atoms with van der Waals surface area (Å²) < 4.78 is 2.58. The predicted molar refractivity (Wildman–Crippen MR) is 106 cm³/mol. The molecule has 1 atom stereocenters. The number of para-hydroxylation sites is 1. The van der Waals surface area contributed by atoms with Crippen LogP contribution in [0.4, 0.5) is 5.69 Å². The second kappa shape index (κ2) is 6.15. The van der Waals surface area contributed by atoms with E-state index in [-0.39, 0.29) is 11.0 Å². The van der Waals surface area contributed by atoms with Crippen molar-refractivity contribution in [2.24, 2.45) is 0 Å². The lowest BCUT2D eigenvalue weighted by Crippen LogP contribution is -2.31. The fourth-order valence-corrected chi connectivity index (χ4v) is 5.24. The molecule has 1 aliphatic rings. The quantitative estimate of drug-likeness (QED) is 0.565. The fraction of sp³-hybridized carbons (Fsp3) is 0.500. The summed E-state index contributed by atoms with van der Waals surface area (Å²) in [4.78, 5) is 1.50. The van der Waals surface area contributed by atoms with E-state index < -0.39 is 0 Å². The Balaban J connectivity index is 2.22. The van der Waals surface area contributed by atoms with Crippen molar-refractivity contribution in [2.75, 3.05) is 0 Å². The van der Waals surface area contributed by atoms with E-state index in [4.69, 9.17) is 0 Å². The molecule has 0 radical (unpaired) electrons. The SMILES string of the molecule is CCC1(c2cccs2)C=[N+](c2c(C)cccc2C(C)C)C(C)(C)C1. The van der Waals surface area contributed by atoms with Crippen LogP contribution in [0.2, 0.25) is 0 Å². The normalized spacial score (nSPS) is 22.9. The van der Waals surface area contributed by atoms with Gasteiger partial charge in [-0.15, -0.1) is 11.3 Å². The Labute approximate surface area is 151 Å². The van der Waals surface area contributed by atoms with Crippen LogP contribution < -0.4 is 0 Å². The van der Waals surface area contributed by atoms with Crippen LogP contribution in [-0.4, -0.2) is 16.3 Å². The maximum atomic E-state index is 2.58. The Morgan fingerprint density at radius 1 is 1.17 bits per heavy atom. The summed E-state index contributed by atoms with van der Waals surface area (Å²) in [7, 11) is 0. The van der Waals surface area contributed by atoms with Gasteiger partial charge >= 0.3 is 0 Å². The van der Waals surface area contributed by atoms with Gasteiger partial charge in [0, 0.05) is 36.3 Å². The molecule has 1 unspecified atom stereocenters. The van der Waals surface area contributed by atoms with Crippen molar-refractivity contribution < 1.29 is 4.58 Å². The molecular formula is C22H30NS+. The highest BCUT2D eigenvalue weighted by molar-refractivity contribution is 7.10. The van der Waals surface area contributed by atoms with Crippen molar-refractivity contribution in [3.63, 3.8) is 0 Å². The van der Waals surface area contributed by atoms with Crippen LogP contribution in [0, 0.1) is 6.92 Å². The van der Waals surface area contributed by atoms with Gasteiger partial charge in [0.2, 0.25) is 5.69 Å². The highest BCUT2D eigenvalue weighted by atomic mass is 32.1. The summed E-state index contributed by atoms with van der Waals surface area (Å²) >= 11 is 1.90. The van der Waals surface area contributed by atoms with E-state index in [9.17, 15) is 0 Å². The Hall–Kier alpha value is -1.41. The summed E-state index contributed by atoms with van der Waals surface area (Å²) in [5.41, 5.74) is 4.54. The molecule has 1 aromatic carbocycles. The fourth-order valence-electron chi connectivity index (χ4n) is 4.27. The molecule has 1 aliphatic heterocycles. The van der Waals surface area contributed by atoms with Gasteiger partial charge in [-0.1, -0.05) is 45.0 Å². The third kappa shape index (κ3) is 2.75. The molecular weight excluding hydrogens is 310 g/mol. The highest BCUT2D eigenvalue weighted by Gasteiger charge is 2.52. The molecule has 0 saturated carbocycles. The number of rotatable bonds is 4. The highest BCUT2D eigenvalue weighted by Crippen LogP contribution is 2.46. The van der Waals surface area contributed by atoms with Gasteiger partial charge in [-0.05, 0) is 30.7 Å². The van der Waals surface area contributed by atoms with E-state index in [2.05, 4.69) is 88.0 Å². The lowest BCUT2D eigenvalue weighted by atomic mass is 9.78. The van der Waals surface area contributed by atoms with Gasteiger partial charge in [0.05, 0.1) is 5.41 Å². The van der Waals surface area contributed by atoms with Crippen molar-refractivity contribution in [2.45, 2.75) is 71.3 Å². The van der Waals surface area contributed by atoms with E-state index in [0.29, 0.717) is 5.92 Å². The second-order valence-corrected chi connectivity index (χ2v) is 9.09. The molecule has 0 N–H and O–H groups in total.